The molecule has 0 spiro atoms. The molecule has 24 heavy (non-hydrogen) atoms. The van der Waals surface area contributed by atoms with E-state index in [4.69, 9.17) is 4.74 Å². The molecular weight excluding hydrogens is 328 g/mol. The Hall–Kier alpha value is -1.77. The molecule has 0 aromatic carbocycles. The Morgan fingerprint density at radius 2 is 2.04 bits per heavy atom. The molecule has 2 aromatic heterocycles. The maximum Gasteiger partial charge on any atom is 0.227 e. The fourth-order valence-electron chi connectivity index (χ4n) is 2.42. The Morgan fingerprint density at radius 1 is 1.25 bits per heavy atom. The molecule has 2 rings (SSSR count). The molecule has 0 N–H and O–H groups in total. The minimum Gasteiger partial charge on any atom is -0.383 e. The Bertz CT molecular complexity index is 744. The number of aromatic nitrogens is 3. The molecule has 0 saturated heterocycles. The maximum absolute atomic E-state index is 12.2. The van der Waals surface area contributed by atoms with Gasteiger partial charge in [-0.15, -0.1) is 0 Å². The maximum atomic E-state index is 12.2. The van der Waals surface area contributed by atoms with Crippen LogP contribution in [0.4, 0.5) is 0 Å². The van der Waals surface area contributed by atoms with E-state index in [1.165, 1.54) is 0 Å². The third kappa shape index (κ3) is 4.62. The predicted molar refractivity (Wildman–Crippen MR) is 91.2 cm³/mol. The molecular formula is C16H24N4O3S. The van der Waals surface area contributed by atoms with Crippen LogP contribution < -0.4 is 0 Å². The van der Waals surface area contributed by atoms with Gasteiger partial charge in [-0.1, -0.05) is 13.0 Å². The van der Waals surface area contributed by atoms with E-state index in [1.54, 1.807) is 31.0 Å². The van der Waals surface area contributed by atoms with Gasteiger partial charge in [-0.2, -0.15) is 0 Å². The van der Waals surface area contributed by atoms with E-state index < -0.39 is 9.84 Å². The lowest BCUT2D eigenvalue weighted by Gasteiger charge is -2.18. The van der Waals surface area contributed by atoms with Crippen LogP contribution in [-0.2, 0) is 34.2 Å². The van der Waals surface area contributed by atoms with Gasteiger partial charge in [0.05, 0.1) is 29.9 Å². The number of methoxy groups -OCH3 is 1. The number of sulfone groups is 1. The Labute approximate surface area is 143 Å². The van der Waals surface area contributed by atoms with Crippen molar-refractivity contribution in [2.24, 2.45) is 0 Å². The van der Waals surface area contributed by atoms with E-state index in [0.717, 1.165) is 11.4 Å². The molecule has 0 amide bonds. The standard InChI is InChI=1S/C16H24N4O3S/c1-4-24(21,22)16-18-11-15(20(16)9-10-23-3)13-19(2)12-14-7-5-6-8-17-14/h5-8,11H,4,9-10,12-13H2,1-3H3. The molecule has 2 heterocycles. The van der Waals surface area contributed by atoms with E-state index in [0.29, 0.717) is 26.2 Å². The van der Waals surface area contributed by atoms with E-state index in [9.17, 15) is 8.42 Å². The lowest BCUT2D eigenvalue weighted by atomic mass is 10.3. The summed E-state index contributed by atoms with van der Waals surface area (Å²) in [6.07, 6.45) is 3.39. The number of ether oxygens (including phenoxy) is 1. The third-order valence-electron chi connectivity index (χ3n) is 3.67. The Kier molecular flexibility index (Phi) is 6.47. The average molecular weight is 352 g/mol. The van der Waals surface area contributed by atoms with Gasteiger partial charge in [-0.05, 0) is 19.2 Å². The molecule has 0 aliphatic heterocycles. The van der Waals surface area contributed by atoms with Crippen LogP contribution in [0.25, 0.3) is 0 Å². The minimum atomic E-state index is -3.37. The van der Waals surface area contributed by atoms with Crippen molar-refractivity contribution in [2.45, 2.75) is 31.7 Å². The molecule has 8 heteroatoms. The second kappa shape index (κ2) is 8.36. The molecule has 0 saturated carbocycles. The first-order valence-electron chi connectivity index (χ1n) is 7.82. The number of nitrogens with zero attached hydrogens (tertiary/aromatic N) is 4. The van der Waals surface area contributed by atoms with Gasteiger partial charge in [0, 0.05) is 32.9 Å². The van der Waals surface area contributed by atoms with Crippen molar-refractivity contribution in [3.63, 3.8) is 0 Å². The highest BCUT2D eigenvalue weighted by atomic mass is 32.2. The molecule has 0 atom stereocenters. The number of hydrogen-bond acceptors (Lipinski definition) is 6. The average Bonchev–Trinajstić information content (AvgIpc) is 2.97. The van der Waals surface area contributed by atoms with Crippen molar-refractivity contribution < 1.29 is 13.2 Å². The van der Waals surface area contributed by atoms with Crippen molar-refractivity contribution in [1.82, 2.24) is 19.4 Å². The van der Waals surface area contributed by atoms with Crippen LogP contribution in [-0.4, -0.2) is 54.4 Å². The zero-order valence-corrected chi connectivity index (χ0v) is 15.2. The largest absolute Gasteiger partial charge is 0.383 e. The zero-order valence-electron chi connectivity index (χ0n) is 14.3. The topological polar surface area (TPSA) is 77.3 Å². The lowest BCUT2D eigenvalue weighted by molar-refractivity contribution is 0.182. The number of imidazole rings is 1. The van der Waals surface area contributed by atoms with Crippen molar-refractivity contribution >= 4 is 9.84 Å². The van der Waals surface area contributed by atoms with Crippen LogP contribution >= 0.6 is 0 Å². The summed E-state index contributed by atoms with van der Waals surface area (Å²) < 4.78 is 31.3. The summed E-state index contributed by atoms with van der Waals surface area (Å²) in [4.78, 5) is 10.5. The van der Waals surface area contributed by atoms with E-state index in [-0.39, 0.29) is 10.9 Å². The minimum absolute atomic E-state index is 0.0280. The van der Waals surface area contributed by atoms with Crippen molar-refractivity contribution in [2.75, 3.05) is 26.5 Å². The highest BCUT2D eigenvalue weighted by molar-refractivity contribution is 7.91. The van der Waals surface area contributed by atoms with Gasteiger partial charge in [0.25, 0.3) is 0 Å². The Morgan fingerprint density at radius 3 is 2.67 bits per heavy atom. The first-order valence-corrected chi connectivity index (χ1v) is 9.47. The van der Waals surface area contributed by atoms with Crippen molar-refractivity contribution in [3.8, 4) is 0 Å². The van der Waals surface area contributed by atoms with Crippen LogP contribution in [0.2, 0.25) is 0 Å². The quantitative estimate of drug-likeness (QED) is 0.678. The molecule has 0 unspecified atom stereocenters. The fraction of sp³-hybridized carbons (Fsp3) is 0.500. The van der Waals surface area contributed by atoms with Gasteiger partial charge >= 0.3 is 0 Å². The second-order valence-corrected chi connectivity index (χ2v) is 7.75. The van der Waals surface area contributed by atoms with Gasteiger partial charge in [0.2, 0.25) is 15.0 Å². The number of rotatable bonds is 9. The first kappa shape index (κ1) is 18.6. The summed E-state index contributed by atoms with van der Waals surface area (Å²) in [6, 6.07) is 5.79. The monoisotopic (exact) mass is 352 g/mol. The van der Waals surface area contributed by atoms with Gasteiger partial charge < -0.3 is 9.30 Å². The summed E-state index contributed by atoms with van der Waals surface area (Å²) in [5.41, 5.74) is 1.81. The first-order chi connectivity index (χ1) is 11.5. The van der Waals surface area contributed by atoms with Gasteiger partial charge in [-0.25, -0.2) is 13.4 Å². The zero-order chi connectivity index (χ0) is 17.6. The van der Waals surface area contributed by atoms with E-state index >= 15 is 0 Å². The van der Waals surface area contributed by atoms with Crippen LogP contribution in [0.5, 0.6) is 0 Å². The van der Waals surface area contributed by atoms with Crippen LogP contribution in [0.3, 0.4) is 0 Å². The van der Waals surface area contributed by atoms with E-state index in [1.807, 2.05) is 25.2 Å². The molecule has 0 bridgehead atoms. The molecule has 7 nitrogen and oxygen atoms in total. The normalized spacial score (nSPS) is 12.0. The molecule has 0 aliphatic carbocycles. The van der Waals surface area contributed by atoms with Crippen LogP contribution in [0, 0.1) is 0 Å². The molecule has 2 aromatic rings. The van der Waals surface area contributed by atoms with Gasteiger partial charge in [0.15, 0.2) is 0 Å². The highest BCUT2D eigenvalue weighted by Crippen LogP contribution is 2.15. The van der Waals surface area contributed by atoms with Crippen molar-refractivity contribution in [3.05, 3.63) is 42.0 Å². The van der Waals surface area contributed by atoms with Crippen molar-refractivity contribution in [1.29, 1.82) is 0 Å². The second-order valence-electron chi connectivity index (χ2n) is 5.57. The van der Waals surface area contributed by atoms with E-state index in [2.05, 4.69) is 14.9 Å². The smallest absolute Gasteiger partial charge is 0.227 e. The Balaban J connectivity index is 2.19. The summed E-state index contributed by atoms with van der Waals surface area (Å²) in [6.45, 7) is 3.76. The molecule has 0 aliphatic rings. The lowest BCUT2D eigenvalue weighted by Crippen LogP contribution is -2.22. The summed E-state index contributed by atoms with van der Waals surface area (Å²) in [5, 5.41) is 0.114. The summed E-state index contributed by atoms with van der Waals surface area (Å²) >= 11 is 0. The molecule has 0 fully saturated rings. The summed E-state index contributed by atoms with van der Waals surface area (Å²) in [5.74, 6) is 0.0280. The summed E-state index contributed by atoms with van der Waals surface area (Å²) in [7, 11) is 0.196. The SMILES string of the molecule is CCS(=O)(=O)c1ncc(CN(C)Cc2ccccn2)n1CCOC. The van der Waals surface area contributed by atoms with Crippen LogP contribution in [0.15, 0.2) is 35.7 Å². The third-order valence-corrected chi connectivity index (χ3v) is 5.31. The number of pyridine rings is 1. The number of hydrogen-bond donors (Lipinski definition) is 0. The van der Waals surface area contributed by atoms with Gasteiger partial charge in [0.1, 0.15) is 0 Å². The van der Waals surface area contributed by atoms with Gasteiger partial charge in [-0.3, -0.25) is 9.88 Å². The van der Waals surface area contributed by atoms with Crippen LogP contribution in [0.1, 0.15) is 18.3 Å². The molecule has 132 valence electrons. The molecule has 0 radical (unpaired) electrons. The highest BCUT2D eigenvalue weighted by Gasteiger charge is 2.22. The predicted octanol–water partition coefficient (Wildman–Crippen LogP) is 1.35. The fourth-order valence-corrected chi connectivity index (χ4v) is 3.43.